The normalized spacial score (nSPS) is 31.5. The fourth-order valence-electron chi connectivity index (χ4n) is 4.04. The third kappa shape index (κ3) is 2.99. The van der Waals surface area contributed by atoms with Crippen LogP contribution in [0.1, 0.15) is 24.6 Å². The number of nitrogens with zero attached hydrogens (tertiary/aromatic N) is 3. The van der Waals surface area contributed by atoms with Crippen LogP contribution >= 0.6 is 0 Å². The lowest BCUT2D eigenvalue weighted by molar-refractivity contribution is -0.138. The Morgan fingerprint density at radius 3 is 2.87 bits per heavy atom. The quantitative estimate of drug-likeness (QED) is 0.820. The molecule has 0 spiro atoms. The third-order valence-electron chi connectivity index (χ3n) is 5.33. The lowest BCUT2D eigenvalue weighted by atomic mass is 9.90. The van der Waals surface area contributed by atoms with E-state index in [9.17, 15) is 4.79 Å². The Hall–Kier alpha value is -1.47. The predicted octanol–water partition coefficient (Wildman–Crippen LogP) is 0.821. The second-order valence-corrected chi connectivity index (χ2v) is 6.87. The van der Waals surface area contributed by atoms with Gasteiger partial charge in [0.15, 0.2) is 5.82 Å². The molecule has 0 N–H and O–H groups in total. The van der Waals surface area contributed by atoms with E-state index in [1.807, 2.05) is 11.8 Å². The standard InChI is InChI=1S/C16H23N3O4/c1-10-17-15(23-18-10)6-12-9-22-14-8-19(7-13(12)14)16(20)11-2-4-21-5-3-11/h11-14H,2-9H2,1H3/t12-,13+,14+/m0/s1. The Morgan fingerprint density at radius 1 is 1.30 bits per heavy atom. The number of likely N-dealkylation sites (tertiary alicyclic amines) is 1. The molecule has 4 heterocycles. The van der Waals surface area contributed by atoms with Crippen LogP contribution in [0.3, 0.4) is 0 Å². The van der Waals surface area contributed by atoms with Gasteiger partial charge in [0, 0.05) is 44.6 Å². The maximum Gasteiger partial charge on any atom is 0.227 e. The fourth-order valence-corrected chi connectivity index (χ4v) is 4.04. The number of hydrogen-bond acceptors (Lipinski definition) is 6. The molecule has 1 amide bonds. The summed E-state index contributed by atoms with van der Waals surface area (Å²) < 4.78 is 16.5. The van der Waals surface area contributed by atoms with Gasteiger partial charge in [-0.05, 0) is 25.7 Å². The molecule has 0 aromatic carbocycles. The second-order valence-electron chi connectivity index (χ2n) is 6.87. The minimum atomic E-state index is 0.125. The smallest absolute Gasteiger partial charge is 0.227 e. The van der Waals surface area contributed by atoms with E-state index in [0.29, 0.717) is 36.8 Å². The lowest BCUT2D eigenvalue weighted by Gasteiger charge is -2.27. The van der Waals surface area contributed by atoms with Crippen LogP contribution in [0.25, 0.3) is 0 Å². The van der Waals surface area contributed by atoms with Gasteiger partial charge in [0.2, 0.25) is 11.8 Å². The lowest BCUT2D eigenvalue weighted by Crippen LogP contribution is -2.38. The molecule has 0 saturated carbocycles. The largest absolute Gasteiger partial charge is 0.381 e. The fraction of sp³-hybridized carbons (Fsp3) is 0.812. The number of hydrogen-bond donors (Lipinski definition) is 0. The van der Waals surface area contributed by atoms with Gasteiger partial charge < -0.3 is 18.9 Å². The minimum absolute atomic E-state index is 0.125. The van der Waals surface area contributed by atoms with Crippen LogP contribution in [0, 0.1) is 24.7 Å². The molecule has 1 aromatic heterocycles. The summed E-state index contributed by atoms with van der Waals surface area (Å²) in [5.41, 5.74) is 0. The van der Waals surface area contributed by atoms with Gasteiger partial charge in [-0.3, -0.25) is 4.79 Å². The van der Waals surface area contributed by atoms with Gasteiger partial charge in [-0.2, -0.15) is 4.98 Å². The number of carbonyl (C=O) groups is 1. The SMILES string of the molecule is Cc1noc(C[C@H]2CO[C@@H]3CN(C(=O)C4CCOCC4)C[C@H]23)n1. The molecule has 7 nitrogen and oxygen atoms in total. The summed E-state index contributed by atoms with van der Waals surface area (Å²) in [6.45, 7) is 5.46. The summed E-state index contributed by atoms with van der Waals surface area (Å²) in [6.07, 6.45) is 2.58. The summed E-state index contributed by atoms with van der Waals surface area (Å²) in [5.74, 6) is 2.47. The van der Waals surface area contributed by atoms with Crippen LogP contribution < -0.4 is 0 Å². The maximum absolute atomic E-state index is 12.7. The molecule has 4 rings (SSSR count). The molecule has 3 aliphatic rings. The van der Waals surface area contributed by atoms with Crippen molar-refractivity contribution in [1.29, 1.82) is 0 Å². The first-order chi connectivity index (χ1) is 11.2. The molecule has 3 saturated heterocycles. The molecule has 23 heavy (non-hydrogen) atoms. The van der Waals surface area contributed by atoms with Crippen molar-refractivity contribution in [1.82, 2.24) is 15.0 Å². The van der Waals surface area contributed by atoms with E-state index in [2.05, 4.69) is 10.1 Å². The van der Waals surface area contributed by atoms with Crippen molar-refractivity contribution in [3.63, 3.8) is 0 Å². The second kappa shape index (κ2) is 6.20. The molecule has 3 aliphatic heterocycles. The first-order valence-electron chi connectivity index (χ1n) is 8.48. The minimum Gasteiger partial charge on any atom is -0.381 e. The van der Waals surface area contributed by atoms with Crippen LogP contribution in [-0.4, -0.2) is 60.0 Å². The number of fused-ring (bicyclic) bond motifs is 1. The van der Waals surface area contributed by atoms with E-state index in [4.69, 9.17) is 14.0 Å². The van der Waals surface area contributed by atoms with Gasteiger partial charge in [0.25, 0.3) is 0 Å². The molecule has 0 radical (unpaired) electrons. The summed E-state index contributed by atoms with van der Waals surface area (Å²) in [6, 6.07) is 0. The Bertz CT molecular complexity index is 569. The molecule has 0 unspecified atom stereocenters. The van der Waals surface area contributed by atoms with E-state index in [1.54, 1.807) is 0 Å². The number of amides is 1. The Labute approximate surface area is 135 Å². The van der Waals surface area contributed by atoms with Gasteiger partial charge in [-0.25, -0.2) is 0 Å². The van der Waals surface area contributed by atoms with E-state index < -0.39 is 0 Å². The van der Waals surface area contributed by atoms with E-state index in [-0.39, 0.29) is 17.9 Å². The molecule has 0 bridgehead atoms. The van der Waals surface area contributed by atoms with Gasteiger partial charge >= 0.3 is 0 Å². The zero-order valence-electron chi connectivity index (χ0n) is 13.4. The number of aryl methyl sites for hydroxylation is 1. The maximum atomic E-state index is 12.7. The highest BCUT2D eigenvalue weighted by atomic mass is 16.5. The topological polar surface area (TPSA) is 77.7 Å². The van der Waals surface area contributed by atoms with Crippen molar-refractivity contribution >= 4 is 5.91 Å². The van der Waals surface area contributed by atoms with Crippen molar-refractivity contribution in [2.45, 2.75) is 32.3 Å². The zero-order valence-corrected chi connectivity index (χ0v) is 13.4. The van der Waals surface area contributed by atoms with Crippen LogP contribution in [0.2, 0.25) is 0 Å². The zero-order chi connectivity index (χ0) is 15.8. The summed E-state index contributed by atoms with van der Waals surface area (Å²) in [5, 5.41) is 3.85. The molecule has 3 atom stereocenters. The van der Waals surface area contributed by atoms with Crippen molar-refractivity contribution in [3.8, 4) is 0 Å². The van der Waals surface area contributed by atoms with Gasteiger partial charge in [-0.15, -0.1) is 0 Å². The molecule has 126 valence electrons. The summed E-state index contributed by atoms with van der Waals surface area (Å²) in [4.78, 5) is 19.0. The third-order valence-corrected chi connectivity index (χ3v) is 5.33. The first-order valence-corrected chi connectivity index (χ1v) is 8.48. The van der Waals surface area contributed by atoms with Gasteiger partial charge in [-0.1, -0.05) is 5.16 Å². The number of aromatic nitrogens is 2. The van der Waals surface area contributed by atoms with Crippen molar-refractivity contribution in [2.75, 3.05) is 32.9 Å². The van der Waals surface area contributed by atoms with Gasteiger partial charge in [0.05, 0.1) is 12.7 Å². The van der Waals surface area contributed by atoms with Crippen molar-refractivity contribution < 1.29 is 18.8 Å². The Morgan fingerprint density at radius 2 is 2.13 bits per heavy atom. The number of carbonyl (C=O) groups excluding carboxylic acids is 1. The summed E-state index contributed by atoms with van der Waals surface area (Å²) in [7, 11) is 0. The van der Waals surface area contributed by atoms with Crippen LogP contribution in [0.4, 0.5) is 0 Å². The highest BCUT2D eigenvalue weighted by Gasteiger charge is 2.46. The highest BCUT2D eigenvalue weighted by molar-refractivity contribution is 5.79. The average molecular weight is 321 g/mol. The predicted molar refractivity (Wildman–Crippen MR) is 79.6 cm³/mol. The van der Waals surface area contributed by atoms with E-state index in [0.717, 1.165) is 39.0 Å². The van der Waals surface area contributed by atoms with Crippen LogP contribution in [0.15, 0.2) is 4.52 Å². The Kier molecular flexibility index (Phi) is 4.07. The summed E-state index contributed by atoms with van der Waals surface area (Å²) >= 11 is 0. The van der Waals surface area contributed by atoms with Crippen molar-refractivity contribution in [3.05, 3.63) is 11.7 Å². The molecule has 7 heteroatoms. The molecule has 0 aliphatic carbocycles. The van der Waals surface area contributed by atoms with Crippen molar-refractivity contribution in [2.24, 2.45) is 17.8 Å². The highest BCUT2D eigenvalue weighted by Crippen LogP contribution is 2.36. The van der Waals surface area contributed by atoms with Gasteiger partial charge in [0.1, 0.15) is 0 Å². The molecule has 3 fully saturated rings. The number of ether oxygens (including phenoxy) is 2. The Balaban J connectivity index is 1.37. The molecule has 1 aromatic rings. The van der Waals surface area contributed by atoms with E-state index >= 15 is 0 Å². The monoisotopic (exact) mass is 321 g/mol. The van der Waals surface area contributed by atoms with Crippen LogP contribution in [0.5, 0.6) is 0 Å². The average Bonchev–Trinajstić information content (AvgIpc) is 3.25. The number of rotatable bonds is 3. The molecular formula is C16H23N3O4. The van der Waals surface area contributed by atoms with Crippen LogP contribution in [-0.2, 0) is 20.7 Å². The van der Waals surface area contributed by atoms with E-state index in [1.165, 1.54) is 0 Å². The first kappa shape index (κ1) is 15.1. The molecular weight excluding hydrogens is 298 g/mol.